The van der Waals surface area contributed by atoms with Crippen molar-refractivity contribution >= 4 is 5.69 Å². The number of nitrogens with one attached hydrogen (secondary N) is 1. The van der Waals surface area contributed by atoms with Crippen LogP contribution in [-0.4, -0.2) is 22.6 Å². The first kappa shape index (κ1) is 16.5. The highest BCUT2D eigenvalue weighted by Crippen LogP contribution is 2.25. The number of aliphatic hydroxyl groups is 1. The zero-order chi connectivity index (χ0) is 15.1. The molecule has 0 spiro atoms. The van der Waals surface area contributed by atoms with Crippen molar-refractivity contribution in [3.63, 3.8) is 0 Å². The van der Waals surface area contributed by atoms with Crippen molar-refractivity contribution < 1.29 is 14.4 Å². The van der Waals surface area contributed by atoms with Gasteiger partial charge in [-0.15, -0.1) is 0 Å². The number of unbranched alkanes of at least 4 members (excludes halogenated alkanes) is 1. The summed E-state index contributed by atoms with van der Waals surface area (Å²) in [6.45, 7) is 4.77. The van der Waals surface area contributed by atoms with Crippen molar-refractivity contribution in [2.24, 2.45) is 0 Å². The molecule has 0 fully saturated rings. The molecule has 0 saturated heterocycles. The van der Waals surface area contributed by atoms with Crippen LogP contribution in [-0.2, 0) is 0 Å². The van der Waals surface area contributed by atoms with Crippen LogP contribution in [0.5, 0.6) is 0 Å². The van der Waals surface area contributed by atoms with Crippen molar-refractivity contribution in [3.8, 4) is 0 Å². The SMILES string of the molecule is CCCCNC(CC)C(O)c1ccc(F)c([N+](=O)[O-])c1. The number of hydrogen-bond donors (Lipinski definition) is 2. The molecule has 0 aliphatic heterocycles. The number of benzene rings is 1. The van der Waals surface area contributed by atoms with Crippen LogP contribution < -0.4 is 5.32 Å². The van der Waals surface area contributed by atoms with Gasteiger partial charge in [0.1, 0.15) is 0 Å². The molecular formula is C14H21FN2O3. The summed E-state index contributed by atoms with van der Waals surface area (Å²) >= 11 is 0. The van der Waals surface area contributed by atoms with Crippen molar-refractivity contribution in [3.05, 3.63) is 39.7 Å². The van der Waals surface area contributed by atoms with Crippen molar-refractivity contribution in [2.75, 3.05) is 6.54 Å². The summed E-state index contributed by atoms with van der Waals surface area (Å²) in [6.07, 6.45) is 1.82. The molecule has 0 bridgehead atoms. The molecule has 20 heavy (non-hydrogen) atoms. The minimum atomic E-state index is -0.892. The first-order chi connectivity index (χ1) is 9.51. The molecule has 0 heterocycles. The van der Waals surface area contributed by atoms with E-state index in [2.05, 4.69) is 12.2 Å². The van der Waals surface area contributed by atoms with E-state index in [1.165, 1.54) is 6.07 Å². The van der Waals surface area contributed by atoms with Gasteiger partial charge in [0.25, 0.3) is 0 Å². The van der Waals surface area contributed by atoms with Gasteiger partial charge in [-0.2, -0.15) is 4.39 Å². The summed E-state index contributed by atoms with van der Waals surface area (Å²) in [5, 5.41) is 24.2. The van der Waals surface area contributed by atoms with Crippen molar-refractivity contribution in [2.45, 2.75) is 45.3 Å². The van der Waals surface area contributed by atoms with Crippen LogP contribution in [0.1, 0.15) is 44.8 Å². The van der Waals surface area contributed by atoms with Gasteiger partial charge in [-0.25, -0.2) is 0 Å². The Kier molecular flexibility index (Phi) is 6.54. The second-order valence-electron chi connectivity index (χ2n) is 4.74. The molecule has 5 nitrogen and oxygen atoms in total. The van der Waals surface area contributed by atoms with Crippen LogP contribution in [0, 0.1) is 15.9 Å². The number of nitro benzene ring substituents is 1. The van der Waals surface area contributed by atoms with Gasteiger partial charge in [-0.1, -0.05) is 26.3 Å². The highest BCUT2D eigenvalue weighted by atomic mass is 19.1. The average Bonchev–Trinajstić information content (AvgIpc) is 2.43. The number of nitrogens with zero attached hydrogens (tertiary/aromatic N) is 1. The summed E-state index contributed by atoms with van der Waals surface area (Å²) < 4.78 is 13.3. The minimum absolute atomic E-state index is 0.202. The molecule has 1 rings (SSSR count). The van der Waals surface area contributed by atoms with Gasteiger partial charge in [0, 0.05) is 12.1 Å². The first-order valence-corrected chi connectivity index (χ1v) is 6.86. The molecule has 0 aromatic heterocycles. The fraction of sp³-hybridized carbons (Fsp3) is 0.571. The highest BCUT2D eigenvalue weighted by Gasteiger charge is 2.22. The van der Waals surface area contributed by atoms with E-state index in [0.29, 0.717) is 12.0 Å². The molecule has 6 heteroatoms. The molecule has 0 radical (unpaired) electrons. The Balaban J connectivity index is 2.86. The van der Waals surface area contributed by atoms with Gasteiger partial charge in [-0.3, -0.25) is 10.1 Å². The second kappa shape index (κ2) is 7.91. The fourth-order valence-electron chi connectivity index (χ4n) is 2.03. The summed E-state index contributed by atoms with van der Waals surface area (Å²) in [5.74, 6) is -0.891. The van der Waals surface area contributed by atoms with E-state index < -0.39 is 22.5 Å². The molecule has 0 amide bonds. The maximum absolute atomic E-state index is 13.3. The molecule has 1 aromatic rings. The molecular weight excluding hydrogens is 263 g/mol. The van der Waals surface area contributed by atoms with Gasteiger partial charge in [-0.05, 0) is 31.0 Å². The molecule has 2 atom stereocenters. The van der Waals surface area contributed by atoms with Crippen molar-refractivity contribution in [1.82, 2.24) is 5.32 Å². The lowest BCUT2D eigenvalue weighted by atomic mass is 9.99. The molecule has 0 aliphatic rings. The molecule has 112 valence electrons. The number of halogens is 1. The summed E-state index contributed by atoms with van der Waals surface area (Å²) in [5.41, 5.74) is -0.251. The third-order valence-corrected chi connectivity index (χ3v) is 3.27. The zero-order valence-electron chi connectivity index (χ0n) is 11.8. The number of rotatable bonds is 8. The Labute approximate surface area is 118 Å². The Morgan fingerprint density at radius 3 is 2.70 bits per heavy atom. The van der Waals surface area contributed by atoms with Gasteiger partial charge in [0.2, 0.25) is 5.82 Å². The lowest BCUT2D eigenvalue weighted by Crippen LogP contribution is -2.35. The van der Waals surface area contributed by atoms with E-state index in [4.69, 9.17) is 0 Å². The number of nitro groups is 1. The third-order valence-electron chi connectivity index (χ3n) is 3.27. The lowest BCUT2D eigenvalue weighted by Gasteiger charge is -2.23. The summed E-state index contributed by atoms with van der Waals surface area (Å²) in [7, 11) is 0. The monoisotopic (exact) mass is 284 g/mol. The lowest BCUT2D eigenvalue weighted by molar-refractivity contribution is -0.387. The average molecular weight is 284 g/mol. The van der Waals surface area contributed by atoms with Crippen LogP contribution in [0.25, 0.3) is 0 Å². The minimum Gasteiger partial charge on any atom is -0.387 e. The zero-order valence-corrected chi connectivity index (χ0v) is 11.8. The van der Waals surface area contributed by atoms with E-state index in [1.807, 2.05) is 6.92 Å². The smallest absolute Gasteiger partial charge is 0.305 e. The number of aliphatic hydroxyl groups excluding tert-OH is 1. The fourth-order valence-corrected chi connectivity index (χ4v) is 2.03. The maximum Gasteiger partial charge on any atom is 0.305 e. The Bertz CT molecular complexity index is 454. The van der Waals surface area contributed by atoms with Gasteiger partial charge < -0.3 is 10.4 Å². The number of hydrogen-bond acceptors (Lipinski definition) is 4. The summed E-state index contributed by atoms with van der Waals surface area (Å²) in [4.78, 5) is 9.93. The predicted octanol–water partition coefficient (Wildman–Crippen LogP) is 2.94. The maximum atomic E-state index is 13.3. The normalized spacial score (nSPS) is 14.0. The Morgan fingerprint density at radius 1 is 1.45 bits per heavy atom. The van der Waals surface area contributed by atoms with E-state index in [-0.39, 0.29) is 6.04 Å². The van der Waals surface area contributed by atoms with E-state index in [1.54, 1.807) is 0 Å². The predicted molar refractivity (Wildman–Crippen MR) is 75.0 cm³/mol. The molecule has 0 aliphatic carbocycles. The highest BCUT2D eigenvalue weighted by molar-refractivity contribution is 5.37. The molecule has 2 unspecified atom stereocenters. The van der Waals surface area contributed by atoms with Gasteiger partial charge >= 0.3 is 5.69 Å². The molecule has 0 saturated carbocycles. The molecule has 2 N–H and O–H groups in total. The van der Waals surface area contributed by atoms with E-state index in [0.717, 1.165) is 31.5 Å². The van der Waals surface area contributed by atoms with E-state index >= 15 is 0 Å². The van der Waals surface area contributed by atoms with E-state index in [9.17, 15) is 19.6 Å². The Morgan fingerprint density at radius 2 is 2.15 bits per heavy atom. The summed E-state index contributed by atoms with van der Waals surface area (Å²) in [6, 6.07) is 3.31. The Hall–Kier alpha value is -1.53. The van der Waals surface area contributed by atoms with Crippen LogP contribution in [0.15, 0.2) is 18.2 Å². The van der Waals surface area contributed by atoms with Gasteiger partial charge in [0.15, 0.2) is 0 Å². The first-order valence-electron chi connectivity index (χ1n) is 6.86. The van der Waals surface area contributed by atoms with Crippen LogP contribution in [0.2, 0.25) is 0 Å². The molecule has 1 aromatic carbocycles. The van der Waals surface area contributed by atoms with Crippen LogP contribution in [0.3, 0.4) is 0 Å². The van der Waals surface area contributed by atoms with Crippen LogP contribution in [0.4, 0.5) is 10.1 Å². The van der Waals surface area contributed by atoms with Crippen LogP contribution >= 0.6 is 0 Å². The largest absolute Gasteiger partial charge is 0.387 e. The topological polar surface area (TPSA) is 75.4 Å². The van der Waals surface area contributed by atoms with Crippen molar-refractivity contribution in [1.29, 1.82) is 0 Å². The quantitative estimate of drug-likeness (QED) is 0.437. The van der Waals surface area contributed by atoms with Gasteiger partial charge in [0.05, 0.1) is 11.0 Å². The third kappa shape index (κ3) is 4.25. The standard InChI is InChI=1S/C14H21FN2O3/c1-3-5-8-16-12(4-2)14(18)10-6-7-11(15)13(9-10)17(19)20/h6-7,9,12,14,16,18H,3-5,8H2,1-2H3. The second-order valence-corrected chi connectivity index (χ2v) is 4.74.